The minimum absolute atomic E-state index is 0. The molecule has 1 aromatic carbocycles. The summed E-state index contributed by atoms with van der Waals surface area (Å²) >= 11 is 0. The van der Waals surface area contributed by atoms with Crippen molar-refractivity contribution in [2.24, 2.45) is 5.73 Å². The Labute approximate surface area is 120 Å². The van der Waals surface area contributed by atoms with Gasteiger partial charge in [-0.2, -0.15) is 0 Å². The topological polar surface area (TPSA) is 64.3 Å². The summed E-state index contributed by atoms with van der Waals surface area (Å²) in [5.41, 5.74) is 6.87. The van der Waals surface area contributed by atoms with Crippen molar-refractivity contribution in [2.45, 2.75) is 44.4 Å². The lowest BCUT2D eigenvalue weighted by Crippen LogP contribution is -2.42. The maximum Gasteiger partial charge on any atom is 0.407 e. The van der Waals surface area contributed by atoms with Gasteiger partial charge < -0.3 is 15.8 Å². The second kappa shape index (κ2) is 8.02. The monoisotopic (exact) mass is 284 g/mol. The highest BCUT2D eigenvalue weighted by atomic mass is 35.5. The number of halogens is 1. The van der Waals surface area contributed by atoms with Crippen LogP contribution in [0.4, 0.5) is 4.79 Å². The van der Waals surface area contributed by atoms with Crippen LogP contribution in [-0.2, 0) is 11.3 Å². The standard InChI is InChI=1S/C14H20N2O2.ClH/c15-12-7-4-8-13(9-12)16-14(17)18-10-11-5-2-1-3-6-11;/h1-3,5-6,12-13H,4,7-10,15H2,(H,16,17);1H/t12-,13+;/m0./s1. The average molecular weight is 285 g/mol. The fraction of sp³-hybridized carbons (Fsp3) is 0.500. The van der Waals surface area contributed by atoms with E-state index in [2.05, 4.69) is 5.32 Å². The SMILES string of the molecule is Cl.N[C@H]1CCC[C@@H](NC(=O)OCc2ccccc2)C1. The van der Waals surface area contributed by atoms with E-state index in [1.807, 2.05) is 30.3 Å². The Hall–Kier alpha value is -1.26. The number of amides is 1. The molecule has 2 atom stereocenters. The van der Waals surface area contributed by atoms with Gasteiger partial charge in [-0.15, -0.1) is 12.4 Å². The minimum atomic E-state index is -0.349. The van der Waals surface area contributed by atoms with Crippen LogP contribution < -0.4 is 11.1 Å². The van der Waals surface area contributed by atoms with Crippen molar-refractivity contribution >= 4 is 18.5 Å². The second-order valence-electron chi connectivity index (χ2n) is 4.83. The van der Waals surface area contributed by atoms with Crippen molar-refractivity contribution in [1.82, 2.24) is 5.32 Å². The molecule has 0 radical (unpaired) electrons. The summed E-state index contributed by atoms with van der Waals surface area (Å²) in [6.07, 6.45) is 3.62. The molecular formula is C14H21ClN2O2. The first-order chi connectivity index (χ1) is 8.74. The average Bonchev–Trinajstić information content (AvgIpc) is 2.38. The van der Waals surface area contributed by atoms with Crippen LogP contribution in [0.1, 0.15) is 31.2 Å². The molecule has 0 unspecified atom stereocenters. The first-order valence-electron chi connectivity index (χ1n) is 6.47. The van der Waals surface area contributed by atoms with Crippen LogP contribution in [-0.4, -0.2) is 18.2 Å². The number of ether oxygens (including phenoxy) is 1. The lowest BCUT2D eigenvalue weighted by molar-refractivity contribution is 0.132. The smallest absolute Gasteiger partial charge is 0.407 e. The van der Waals surface area contributed by atoms with E-state index in [9.17, 15) is 4.79 Å². The van der Waals surface area contributed by atoms with Gasteiger partial charge in [0.2, 0.25) is 0 Å². The van der Waals surface area contributed by atoms with Gasteiger partial charge in [0, 0.05) is 12.1 Å². The zero-order valence-electron chi connectivity index (χ0n) is 10.9. The Morgan fingerprint density at radius 2 is 2.05 bits per heavy atom. The quantitative estimate of drug-likeness (QED) is 0.897. The highest BCUT2D eigenvalue weighted by molar-refractivity contribution is 5.85. The van der Waals surface area contributed by atoms with Gasteiger partial charge in [-0.25, -0.2) is 4.79 Å². The molecule has 0 heterocycles. The zero-order valence-corrected chi connectivity index (χ0v) is 11.7. The fourth-order valence-electron chi connectivity index (χ4n) is 2.29. The lowest BCUT2D eigenvalue weighted by atomic mass is 9.92. The second-order valence-corrected chi connectivity index (χ2v) is 4.83. The maximum absolute atomic E-state index is 11.6. The van der Waals surface area contributed by atoms with E-state index < -0.39 is 0 Å². The Morgan fingerprint density at radius 1 is 1.32 bits per heavy atom. The number of carbonyl (C=O) groups is 1. The zero-order chi connectivity index (χ0) is 12.8. The van der Waals surface area contributed by atoms with Gasteiger partial charge in [0.1, 0.15) is 6.61 Å². The molecule has 1 aliphatic carbocycles. The third-order valence-electron chi connectivity index (χ3n) is 3.25. The van der Waals surface area contributed by atoms with Crippen LogP contribution in [0.25, 0.3) is 0 Å². The van der Waals surface area contributed by atoms with Crippen LogP contribution >= 0.6 is 12.4 Å². The van der Waals surface area contributed by atoms with E-state index in [-0.39, 0.29) is 30.6 Å². The number of hydrogen-bond donors (Lipinski definition) is 2. The number of benzene rings is 1. The van der Waals surface area contributed by atoms with E-state index >= 15 is 0 Å². The molecule has 1 aromatic rings. The summed E-state index contributed by atoms with van der Waals surface area (Å²) in [4.78, 5) is 11.6. The molecule has 0 spiro atoms. The molecule has 1 amide bonds. The predicted molar refractivity (Wildman–Crippen MR) is 77.2 cm³/mol. The summed E-state index contributed by atoms with van der Waals surface area (Å²) in [5.74, 6) is 0. The van der Waals surface area contributed by atoms with E-state index in [1.165, 1.54) is 0 Å². The number of carbonyl (C=O) groups excluding carboxylic acids is 1. The highest BCUT2D eigenvalue weighted by Crippen LogP contribution is 2.17. The van der Waals surface area contributed by atoms with E-state index in [0.717, 1.165) is 31.2 Å². The van der Waals surface area contributed by atoms with Gasteiger partial charge in [0.25, 0.3) is 0 Å². The van der Waals surface area contributed by atoms with Crippen LogP contribution in [0.3, 0.4) is 0 Å². The van der Waals surface area contributed by atoms with Gasteiger partial charge in [-0.05, 0) is 31.2 Å². The molecule has 2 rings (SSSR count). The number of rotatable bonds is 3. The van der Waals surface area contributed by atoms with Gasteiger partial charge in [0.05, 0.1) is 0 Å². The molecular weight excluding hydrogens is 264 g/mol. The van der Waals surface area contributed by atoms with Crippen molar-refractivity contribution in [3.05, 3.63) is 35.9 Å². The molecule has 1 aliphatic rings. The van der Waals surface area contributed by atoms with E-state index in [1.54, 1.807) is 0 Å². The Kier molecular flexibility index (Phi) is 6.67. The summed E-state index contributed by atoms with van der Waals surface area (Å²) in [6.45, 7) is 0.311. The highest BCUT2D eigenvalue weighted by Gasteiger charge is 2.21. The molecule has 4 nitrogen and oxygen atoms in total. The van der Waals surface area contributed by atoms with Crippen LogP contribution in [0.15, 0.2) is 30.3 Å². The van der Waals surface area contributed by atoms with Crippen molar-refractivity contribution in [3.8, 4) is 0 Å². The maximum atomic E-state index is 11.6. The lowest BCUT2D eigenvalue weighted by Gasteiger charge is -2.26. The molecule has 0 aromatic heterocycles. The normalized spacial score (nSPS) is 22.2. The fourth-order valence-corrected chi connectivity index (χ4v) is 2.29. The Bertz CT molecular complexity index is 386. The number of alkyl carbamates (subject to hydrolysis) is 1. The van der Waals surface area contributed by atoms with E-state index in [0.29, 0.717) is 6.61 Å². The molecule has 19 heavy (non-hydrogen) atoms. The molecule has 0 bridgehead atoms. The van der Waals surface area contributed by atoms with Crippen LogP contribution in [0.5, 0.6) is 0 Å². The summed E-state index contributed by atoms with van der Waals surface area (Å²) < 4.78 is 5.18. The Balaban J connectivity index is 0.00000180. The predicted octanol–water partition coefficient (Wildman–Crippen LogP) is 2.60. The Morgan fingerprint density at radius 3 is 2.74 bits per heavy atom. The van der Waals surface area contributed by atoms with Crippen molar-refractivity contribution in [2.75, 3.05) is 0 Å². The molecule has 106 valence electrons. The third-order valence-corrected chi connectivity index (χ3v) is 3.25. The minimum Gasteiger partial charge on any atom is -0.445 e. The molecule has 0 saturated heterocycles. The number of nitrogens with two attached hydrogens (primary N) is 1. The summed E-state index contributed by atoms with van der Waals surface area (Å²) in [6, 6.07) is 10.0. The molecule has 0 aliphatic heterocycles. The first kappa shape index (κ1) is 15.8. The largest absolute Gasteiger partial charge is 0.445 e. The van der Waals surface area contributed by atoms with Crippen LogP contribution in [0, 0.1) is 0 Å². The van der Waals surface area contributed by atoms with E-state index in [4.69, 9.17) is 10.5 Å². The van der Waals surface area contributed by atoms with Gasteiger partial charge in [0.15, 0.2) is 0 Å². The molecule has 1 fully saturated rings. The van der Waals surface area contributed by atoms with Crippen LogP contribution in [0.2, 0.25) is 0 Å². The van der Waals surface area contributed by atoms with Gasteiger partial charge in [-0.1, -0.05) is 30.3 Å². The van der Waals surface area contributed by atoms with Crippen molar-refractivity contribution in [3.63, 3.8) is 0 Å². The van der Waals surface area contributed by atoms with Gasteiger partial charge >= 0.3 is 6.09 Å². The molecule has 1 saturated carbocycles. The van der Waals surface area contributed by atoms with Gasteiger partial charge in [-0.3, -0.25) is 0 Å². The third kappa shape index (κ3) is 5.49. The summed E-state index contributed by atoms with van der Waals surface area (Å²) in [7, 11) is 0. The summed E-state index contributed by atoms with van der Waals surface area (Å²) in [5, 5.41) is 2.88. The number of nitrogens with one attached hydrogen (secondary N) is 1. The van der Waals surface area contributed by atoms with Crippen molar-refractivity contribution < 1.29 is 9.53 Å². The first-order valence-corrected chi connectivity index (χ1v) is 6.47. The van der Waals surface area contributed by atoms with Crippen molar-refractivity contribution in [1.29, 1.82) is 0 Å². The molecule has 5 heteroatoms. The molecule has 3 N–H and O–H groups in total. The number of hydrogen-bond acceptors (Lipinski definition) is 3.